The molecule has 0 bridgehead atoms. The van der Waals surface area contributed by atoms with Gasteiger partial charge < -0.3 is 9.72 Å². The van der Waals surface area contributed by atoms with Gasteiger partial charge in [-0.15, -0.1) is 0 Å². The zero-order valence-electron chi connectivity index (χ0n) is 8.85. The van der Waals surface area contributed by atoms with Crippen molar-refractivity contribution in [3.63, 3.8) is 0 Å². The molecular weight excluding hydrogens is 224 g/mol. The van der Waals surface area contributed by atoms with Crippen LogP contribution in [-0.2, 0) is 0 Å². The van der Waals surface area contributed by atoms with Crippen LogP contribution in [0.25, 0.3) is 16.6 Å². The first-order chi connectivity index (χ1) is 8.20. The normalized spacial score (nSPS) is 11.1. The molecule has 3 aromatic rings. The molecule has 2 N–H and O–H groups in total. The number of hydrogen-bond acceptors (Lipinski definition) is 4. The maximum Gasteiger partial charge on any atom is 0.351 e. The van der Waals surface area contributed by atoms with Gasteiger partial charge >= 0.3 is 11.4 Å². The van der Waals surface area contributed by atoms with Crippen molar-refractivity contribution in [1.29, 1.82) is 0 Å². The lowest BCUT2D eigenvalue weighted by atomic mass is 10.2. The molecule has 0 spiro atoms. The third-order valence-corrected chi connectivity index (χ3v) is 2.58. The fraction of sp³-hybridized carbons (Fsp3) is 0.100. The highest BCUT2D eigenvalue weighted by Gasteiger charge is 2.09. The Kier molecular flexibility index (Phi) is 1.82. The number of nitrogens with zero attached hydrogens (tertiary/aromatic N) is 2. The average Bonchev–Trinajstić information content (AvgIpc) is 2.71. The number of rotatable bonds is 1. The average molecular weight is 232 g/mol. The molecule has 0 atom stereocenters. The summed E-state index contributed by atoms with van der Waals surface area (Å²) in [7, 11) is 1.54. The lowest BCUT2D eigenvalue weighted by Gasteiger charge is -2.02. The van der Waals surface area contributed by atoms with Crippen LogP contribution in [0.3, 0.4) is 0 Å². The number of fused-ring (bicyclic) bond motifs is 3. The van der Waals surface area contributed by atoms with Gasteiger partial charge in [0.05, 0.1) is 12.6 Å². The summed E-state index contributed by atoms with van der Waals surface area (Å²) in [6.07, 6.45) is 0. The van der Waals surface area contributed by atoms with E-state index in [0.717, 1.165) is 4.40 Å². The minimum Gasteiger partial charge on any atom is -0.497 e. The minimum atomic E-state index is -0.557. The number of aromatic amines is 2. The summed E-state index contributed by atoms with van der Waals surface area (Å²) in [6.45, 7) is 0. The highest BCUT2D eigenvalue weighted by atomic mass is 16.5. The molecule has 2 heterocycles. The smallest absolute Gasteiger partial charge is 0.351 e. The molecule has 0 aliphatic carbocycles. The van der Waals surface area contributed by atoms with Gasteiger partial charge in [-0.3, -0.25) is 0 Å². The van der Waals surface area contributed by atoms with Crippen LogP contribution in [0.15, 0.2) is 27.8 Å². The number of H-pyrrole nitrogens is 2. The number of benzene rings is 1. The maximum absolute atomic E-state index is 11.7. The predicted molar refractivity (Wildman–Crippen MR) is 60.5 cm³/mol. The Balaban J connectivity index is 2.58. The highest BCUT2D eigenvalue weighted by Crippen LogP contribution is 2.19. The SMILES string of the molecule is COc1ccc2c(c1)[nH]c(=O)n1c(=O)[nH]nc21. The Morgan fingerprint density at radius 2 is 2.12 bits per heavy atom. The van der Waals surface area contributed by atoms with Gasteiger partial charge in [-0.25, -0.2) is 14.7 Å². The molecule has 0 aliphatic heterocycles. The number of hydrogen-bond donors (Lipinski definition) is 2. The van der Waals surface area contributed by atoms with Crippen LogP contribution >= 0.6 is 0 Å². The number of ether oxygens (including phenoxy) is 1. The van der Waals surface area contributed by atoms with E-state index in [4.69, 9.17) is 4.74 Å². The van der Waals surface area contributed by atoms with Crippen LogP contribution in [0.4, 0.5) is 0 Å². The molecule has 3 rings (SSSR count). The lowest BCUT2D eigenvalue weighted by Crippen LogP contribution is -2.25. The zero-order valence-corrected chi connectivity index (χ0v) is 8.85. The van der Waals surface area contributed by atoms with E-state index in [-0.39, 0.29) is 0 Å². The van der Waals surface area contributed by atoms with Gasteiger partial charge in [-0.1, -0.05) is 0 Å². The second kappa shape index (κ2) is 3.21. The molecule has 7 heteroatoms. The van der Waals surface area contributed by atoms with Crippen molar-refractivity contribution in [3.8, 4) is 5.75 Å². The molecule has 0 aliphatic rings. The van der Waals surface area contributed by atoms with Gasteiger partial charge in [-0.2, -0.15) is 9.50 Å². The maximum atomic E-state index is 11.7. The summed E-state index contributed by atoms with van der Waals surface area (Å²) in [5.74, 6) is 0.621. The van der Waals surface area contributed by atoms with Gasteiger partial charge in [-0.05, 0) is 12.1 Å². The van der Waals surface area contributed by atoms with Crippen LogP contribution in [0.2, 0.25) is 0 Å². The summed E-state index contributed by atoms with van der Waals surface area (Å²) >= 11 is 0. The molecule has 0 unspecified atom stereocenters. The molecule has 0 radical (unpaired) electrons. The fourth-order valence-corrected chi connectivity index (χ4v) is 1.79. The lowest BCUT2D eigenvalue weighted by molar-refractivity contribution is 0.415. The van der Waals surface area contributed by atoms with Crippen LogP contribution in [-0.4, -0.2) is 26.7 Å². The summed E-state index contributed by atoms with van der Waals surface area (Å²) in [4.78, 5) is 25.6. The minimum absolute atomic E-state index is 0.302. The van der Waals surface area contributed by atoms with Gasteiger partial charge in [0, 0.05) is 11.5 Å². The van der Waals surface area contributed by atoms with Crippen molar-refractivity contribution < 1.29 is 4.74 Å². The van der Waals surface area contributed by atoms with Crippen LogP contribution in [0.5, 0.6) is 5.75 Å². The molecule has 0 amide bonds. The van der Waals surface area contributed by atoms with Gasteiger partial charge in [0.25, 0.3) is 0 Å². The van der Waals surface area contributed by atoms with Gasteiger partial charge in [0.1, 0.15) is 5.75 Å². The van der Waals surface area contributed by atoms with Crippen molar-refractivity contribution in [3.05, 3.63) is 39.2 Å². The second-order valence-corrected chi connectivity index (χ2v) is 3.53. The number of nitrogens with one attached hydrogen (secondary N) is 2. The Morgan fingerprint density at radius 3 is 2.88 bits per heavy atom. The number of methoxy groups -OCH3 is 1. The van der Waals surface area contributed by atoms with Crippen molar-refractivity contribution in [2.75, 3.05) is 7.11 Å². The molecular formula is C10H8N4O3. The Morgan fingerprint density at radius 1 is 1.29 bits per heavy atom. The predicted octanol–water partition coefficient (Wildman–Crippen LogP) is -0.127. The summed E-state index contributed by atoms with van der Waals surface area (Å²) in [5.41, 5.74) is -0.212. The van der Waals surface area contributed by atoms with E-state index < -0.39 is 11.4 Å². The summed E-state index contributed by atoms with van der Waals surface area (Å²) in [5, 5.41) is 6.74. The van der Waals surface area contributed by atoms with E-state index in [1.54, 1.807) is 18.2 Å². The van der Waals surface area contributed by atoms with E-state index >= 15 is 0 Å². The monoisotopic (exact) mass is 232 g/mol. The quantitative estimate of drug-likeness (QED) is 0.611. The molecule has 0 fully saturated rings. The first kappa shape index (κ1) is 9.64. The third-order valence-electron chi connectivity index (χ3n) is 2.58. The van der Waals surface area contributed by atoms with E-state index in [0.29, 0.717) is 22.3 Å². The standard InChI is InChI=1S/C10H8N4O3/c1-17-5-2-3-6-7(4-5)11-9(15)14-8(6)12-13-10(14)16/h2-4H,1H3,(H,11,15)(H,13,16). The van der Waals surface area contributed by atoms with Crippen LogP contribution < -0.4 is 16.1 Å². The molecule has 7 nitrogen and oxygen atoms in total. The van der Waals surface area contributed by atoms with Crippen LogP contribution in [0, 0.1) is 0 Å². The van der Waals surface area contributed by atoms with Gasteiger partial charge in [0.2, 0.25) is 0 Å². The molecule has 0 saturated heterocycles. The first-order valence-corrected chi connectivity index (χ1v) is 4.88. The molecule has 17 heavy (non-hydrogen) atoms. The molecule has 1 aromatic carbocycles. The van der Waals surface area contributed by atoms with Crippen molar-refractivity contribution in [2.45, 2.75) is 0 Å². The zero-order chi connectivity index (χ0) is 12.0. The van der Waals surface area contributed by atoms with E-state index in [1.807, 2.05) is 0 Å². The number of aromatic nitrogens is 4. The van der Waals surface area contributed by atoms with E-state index in [1.165, 1.54) is 7.11 Å². The largest absolute Gasteiger partial charge is 0.497 e. The fourth-order valence-electron chi connectivity index (χ4n) is 1.79. The van der Waals surface area contributed by atoms with E-state index in [2.05, 4.69) is 15.2 Å². The topological polar surface area (TPSA) is 92.2 Å². The Hall–Kier alpha value is -2.57. The van der Waals surface area contributed by atoms with Crippen molar-refractivity contribution >= 4 is 16.6 Å². The Labute approximate surface area is 93.7 Å². The summed E-state index contributed by atoms with van der Waals surface area (Å²) in [6, 6.07) is 5.15. The Bertz CT molecular complexity index is 827. The van der Waals surface area contributed by atoms with Crippen molar-refractivity contribution in [1.82, 2.24) is 19.6 Å². The summed E-state index contributed by atoms with van der Waals surface area (Å²) < 4.78 is 6.01. The van der Waals surface area contributed by atoms with Crippen LogP contribution in [0.1, 0.15) is 0 Å². The molecule has 86 valence electrons. The second-order valence-electron chi connectivity index (χ2n) is 3.53. The van der Waals surface area contributed by atoms with Crippen molar-refractivity contribution in [2.24, 2.45) is 0 Å². The highest BCUT2D eigenvalue weighted by molar-refractivity contribution is 5.91. The van der Waals surface area contributed by atoms with E-state index in [9.17, 15) is 9.59 Å². The first-order valence-electron chi connectivity index (χ1n) is 4.88. The third kappa shape index (κ3) is 1.25. The molecule has 0 saturated carbocycles. The molecule has 2 aromatic heterocycles. The van der Waals surface area contributed by atoms with Gasteiger partial charge in [0.15, 0.2) is 5.65 Å².